The molecule has 1 saturated heterocycles. The van der Waals surface area contributed by atoms with E-state index in [1.165, 1.54) is 10.9 Å². The smallest absolute Gasteiger partial charge is 1.00 e. The SMILES string of the molecule is Nc1ncnc2c1ncn2[C@@H]1O[C@H](COP(=O)(O)OP(=O)(O)O)[C@@H](O)[C@H]1O.[H-].[Li+]. The largest absolute Gasteiger partial charge is 1.00 e. The summed E-state index contributed by atoms with van der Waals surface area (Å²) in [6.07, 6.45) is -3.20. The van der Waals surface area contributed by atoms with E-state index >= 15 is 0 Å². The van der Waals surface area contributed by atoms with E-state index in [9.17, 15) is 24.2 Å². The van der Waals surface area contributed by atoms with Gasteiger partial charge < -0.3 is 36.8 Å². The number of nitrogens with two attached hydrogens (primary N) is 1. The Kier molecular flexibility index (Phi) is 7.05. The molecule has 3 rings (SSSR count). The van der Waals surface area contributed by atoms with E-state index in [0.717, 1.165) is 6.33 Å². The summed E-state index contributed by atoms with van der Waals surface area (Å²) in [6, 6.07) is 0. The zero-order valence-corrected chi connectivity index (χ0v) is 16.0. The number of fused-ring (bicyclic) bond motifs is 1. The van der Waals surface area contributed by atoms with Crippen LogP contribution < -0.4 is 24.6 Å². The first-order valence-corrected chi connectivity index (χ1v) is 10.2. The minimum absolute atomic E-state index is 0. The molecule has 0 aromatic carbocycles. The maximum absolute atomic E-state index is 11.5. The van der Waals surface area contributed by atoms with Crippen molar-refractivity contribution in [1.29, 1.82) is 0 Å². The summed E-state index contributed by atoms with van der Waals surface area (Å²) in [7, 11) is -10.4. The van der Waals surface area contributed by atoms with Crippen molar-refractivity contribution in [3.05, 3.63) is 12.7 Å². The number of phosphoric acid groups is 2. The van der Waals surface area contributed by atoms with Crippen molar-refractivity contribution in [2.75, 3.05) is 12.3 Å². The maximum atomic E-state index is 11.5. The zero-order chi connectivity index (χ0) is 20.0. The molecule has 5 atom stereocenters. The Labute approximate surface area is 170 Å². The maximum Gasteiger partial charge on any atom is 1.00 e. The molecule has 28 heavy (non-hydrogen) atoms. The molecule has 1 fully saturated rings. The topological polar surface area (TPSA) is 233 Å². The van der Waals surface area contributed by atoms with Gasteiger partial charge in [0.15, 0.2) is 17.7 Å². The van der Waals surface area contributed by atoms with Gasteiger partial charge in [0.05, 0.1) is 12.9 Å². The van der Waals surface area contributed by atoms with Gasteiger partial charge >= 0.3 is 34.5 Å². The molecular weight excluding hydrogens is 419 g/mol. The molecule has 18 heteroatoms. The van der Waals surface area contributed by atoms with Crippen LogP contribution in [0.5, 0.6) is 0 Å². The molecule has 0 saturated carbocycles. The number of hydrogen-bond donors (Lipinski definition) is 6. The van der Waals surface area contributed by atoms with Gasteiger partial charge in [-0.1, -0.05) is 0 Å². The third kappa shape index (κ3) is 4.98. The normalized spacial score (nSPS) is 27.5. The van der Waals surface area contributed by atoms with Gasteiger partial charge in [0.2, 0.25) is 0 Å². The molecule has 152 valence electrons. The average molecular weight is 435 g/mol. The second kappa shape index (κ2) is 8.45. The molecule has 2 aromatic heterocycles. The second-order valence-electron chi connectivity index (χ2n) is 5.47. The van der Waals surface area contributed by atoms with Gasteiger partial charge in [-0.15, -0.1) is 0 Å². The molecule has 0 aliphatic carbocycles. The quantitative estimate of drug-likeness (QED) is 0.185. The Hall–Kier alpha value is -0.913. The van der Waals surface area contributed by atoms with Crippen LogP contribution in [0, 0.1) is 0 Å². The number of anilines is 1. The molecular formula is C10H16LiN5O10P2. The van der Waals surface area contributed by atoms with Gasteiger partial charge in [-0.3, -0.25) is 9.09 Å². The summed E-state index contributed by atoms with van der Waals surface area (Å²) < 4.78 is 36.8. The number of aliphatic hydroxyl groups excluding tert-OH is 2. The Balaban J connectivity index is 0.00000210. The molecule has 0 amide bonds. The van der Waals surface area contributed by atoms with E-state index in [0.29, 0.717) is 0 Å². The molecule has 1 aliphatic rings. The molecule has 0 bridgehead atoms. The number of nitrogen functional groups attached to an aromatic ring is 1. The van der Waals surface area contributed by atoms with E-state index in [2.05, 4.69) is 23.8 Å². The predicted molar refractivity (Wildman–Crippen MR) is 85.7 cm³/mol. The minimum atomic E-state index is -5.29. The molecule has 0 spiro atoms. The molecule has 2 aromatic rings. The van der Waals surface area contributed by atoms with Crippen LogP contribution in [0.15, 0.2) is 12.7 Å². The van der Waals surface area contributed by atoms with Crippen LogP contribution in [0.25, 0.3) is 11.2 Å². The summed E-state index contributed by atoms with van der Waals surface area (Å²) in [5.41, 5.74) is 6.11. The van der Waals surface area contributed by atoms with Gasteiger partial charge in [-0.05, 0) is 0 Å². The number of phosphoric ester groups is 1. The fourth-order valence-corrected chi connectivity index (χ4v) is 4.08. The zero-order valence-electron chi connectivity index (χ0n) is 15.2. The number of hydrogen-bond acceptors (Lipinski definition) is 11. The number of aromatic nitrogens is 4. The van der Waals surface area contributed by atoms with Gasteiger partial charge in [0.25, 0.3) is 0 Å². The van der Waals surface area contributed by atoms with E-state index in [-0.39, 0.29) is 37.3 Å². The van der Waals surface area contributed by atoms with Crippen molar-refractivity contribution in [3.8, 4) is 0 Å². The Bertz CT molecular complexity index is 945. The van der Waals surface area contributed by atoms with Crippen molar-refractivity contribution >= 4 is 32.6 Å². The van der Waals surface area contributed by atoms with Crippen LogP contribution >= 0.6 is 15.6 Å². The fraction of sp³-hybridized carbons (Fsp3) is 0.500. The van der Waals surface area contributed by atoms with Crippen LogP contribution in [0.2, 0.25) is 0 Å². The summed E-state index contributed by atoms with van der Waals surface area (Å²) in [5.74, 6) is 0.0856. The molecule has 7 N–H and O–H groups in total. The van der Waals surface area contributed by atoms with Gasteiger partial charge in [0.1, 0.15) is 30.2 Å². The van der Waals surface area contributed by atoms with Crippen molar-refractivity contribution in [3.63, 3.8) is 0 Å². The molecule has 0 radical (unpaired) electrons. The first-order chi connectivity index (χ1) is 12.5. The van der Waals surface area contributed by atoms with Crippen LogP contribution in [0.4, 0.5) is 5.82 Å². The van der Waals surface area contributed by atoms with Crippen LogP contribution in [0.3, 0.4) is 0 Å². The third-order valence-corrected chi connectivity index (χ3v) is 5.76. The Morgan fingerprint density at radius 2 is 1.89 bits per heavy atom. The van der Waals surface area contributed by atoms with Crippen LogP contribution in [0.1, 0.15) is 7.65 Å². The van der Waals surface area contributed by atoms with E-state index in [1.807, 2.05) is 0 Å². The number of rotatable bonds is 6. The first-order valence-electron chi connectivity index (χ1n) is 7.17. The number of aliphatic hydroxyl groups is 2. The van der Waals surface area contributed by atoms with Crippen molar-refractivity contribution in [2.24, 2.45) is 0 Å². The van der Waals surface area contributed by atoms with Crippen molar-refractivity contribution < 1.29 is 67.9 Å². The van der Waals surface area contributed by atoms with Gasteiger partial charge in [-0.2, -0.15) is 4.31 Å². The van der Waals surface area contributed by atoms with Gasteiger partial charge in [-0.25, -0.2) is 24.1 Å². The third-order valence-electron chi connectivity index (χ3n) is 3.61. The summed E-state index contributed by atoms with van der Waals surface area (Å²) in [4.78, 5) is 38.1. The standard InChI is InChI=1S/C10H15N5O10P2.Li.H/c11-8-5-9(13-2-12-8)15(3-14-5)10-7(17)6(16)4(24-10)1-23-27(21,22)25-26(18,19)20;;/h2-4,6-7,10,16-17H,1H2,(H,21,22)(H2,11,12,13)(H2,18,19,20);;/q;+1;-1/t4-,6-,7-,10-;;/m1../s1. The first kappa shape index (κ1) is 23.4. The van der Waals surface area contributed by atoms with Crippen molar-refractivity contribution in [2.45, 2.75) is 24.5 Å². The fourth-order valence-electron chi connectivity index (χ4n) is 2.48. The van der Waals surface area contributed by atoms with Crippen LogP contribution in [-0.2, 0) is 22.7 Å². The summed E-state index contributed by atoms with van der Waals surface area (Å²) >= 11 is 0. The predicted octanol–water partition coefficient (Wildman–Crippen LogP) is -4.63. The Morgan fingerprint density at radius 1 is 1.21 bits per heavy atom. The van der Waals surface area contributed by atoms with E-state index in [1.54, 1.807) is 0 Å². The number of nitrogens with zero attached hydrogens (tertiary/aromatic N) is 4. The minimum Gasteiger partial charge on any atom is -1.00 e. The van der Waals surface area contributed by atoms with E-state index < -0.39 is 46.8 Å². The van der Waals surface area contributed by atoms with E-state index in [4.69, 9.17) is 20.3 Å². The number of imidazole rings is 1. The Morgan fingerprint density at radius 3 is 2.54 bits per heavy atom. The van der Waals surface area contributed by atoms with Crippen molar-refractivity contribution in [1.82, 2.24) is 19.5 Å². The number of ether oxygens (including phenoxy) is 1. The monoisotopic (exact) mass is 435 g/mol. The molecule has 1 aliphatic heterocycles. The summed E-state index contributed by atoms with van der Waals surface area (Å²) in [5, 5.41) is 20.3. The molecule has 15 nitrogen and oxygen atoms in total. The van der Waals surface area contributed by atoms with Gasteiger partial charge in [0, 0.05) is 0 Å². The molecule has 3 heterocycles. The molecule has 1 unspecified atom stereocenters. The van der Waals surface area contributed by atoms with Crippen LogP contribution in [-0.4, -0.2) is 69.3 Å². The summed E-state index contributed by atoms with van der Waals surface area (Å²) in [6.45, 7) is -0.813. The second-order valence-corrected chi connectivity index (χ2v) is 8.30. The average Bonchev–Trinajstić information content (AvgIpc) is 3.07.